The highest BCUT2D eigenvalue weighted by Gasteiger charge is 2.20. The van der Waals surface area contributed by atoms with Gasteiger partial charge in [-0.25, -0.2) is 14.2 Å². The predicted molar refractivity (Wildman–Crippen MR) is 154 cm³/mol. The predicted octanol–water partition coefficient (Wildman–Crippen LogP) is 4.48. The first-order chi connectivity index (χ1) is 19.4. The molecule has 6 aromatic rings. The zero-order valence-electron chi connectivity index (χ0n) is 20.9. The Labute approximate surface area is 234 Å². The van der Waals surface area contributed by atoms with Crippen molar-refractivity contribution in [3.63, 3.8) is 0 Å². The first kappa shape index (κ1) is 25.5. The molecule has 1 unspecified atom stereocenters. The standard InChI is InChI=1S/C28H20ClN7O3S/c1-15-6-5-9-19(31-15)14-40(39)36-28(38)20-12-22-26(34-27(20)37)33-24(16-7-3-2-4-8-16)25(32-22)17-10-18-13-30-35-23(18)21(29)11-17/h2-13H,14H2,1H3,(H,30,35)(H,36,38)(H,33,34,37). The fourth-order valence-electron chi connectivity index (χ4n) is 4.34. The largest absolute Gasteiger partial charge is 0.305 e. The number of amides is 1. The second-order valence-electron chi connectivity index (χ2n) is 9.02. The summed E-state index contributed by atoms with van der Waals surface area (Å²) in [6.45, 7) is 1.82. The molecule has 0 bridgehead atoms. The van der Waals surface area contributed by atoms with Crippen molar-refractivity contribution in [3.05, 3.63) is 105 Å². The normalized spacial score (nSPS) is 12.1. The third-order valence-corrected chi connectivity index (χ3v) is 7.45. The summed E-state index contributed by atoms with van der Waals surface area (Å²) < 4.78 is 15.0. The van der Waals surface area contributed by atoms with Gasteiger partial charge in [-0.2, -0.15) is 5.10 Å². The lowest BCUT2D eigenvalue weighted by atomic mass is 10.0. The van der Waals surface area contributed by atoms with Crippen molar-refractivity contribution in [2.45, 2.75) is 12.7 Å². The van der Waals surface area contributed by atoms with E-state index in [9.17, 15) is 13.8 Å². The smallest absolute Gasteiger partial charge is 0.268 e. The fourth-order valence-corrected chi connectivity index (χ4v) is 5.43. The molecule has 0 aliphatic heterocycles. The summed E-state index contributed by atoms with van der Waals surface area (Å²) in [6.07, 6.45) is 1.66. The van der Waals surface area contributed by atoms with Crippen LogP contribution in [0.25, 0.3) is 44.6 Å². The number of aryl methyl sites for hydroxylation is 1. The summed E-state index contributed by atoms with van der Waals surface area (Å²) in [6, 6.07) is 19.7. The second kappa shape index (κ2) is 10.4. The van der Waals surface area contributed by atoms with Gasteiger partial charge in [0.1, 0.15) is 22.1 Å². The Morgan fingerprint density at radius 3 is 2.58 bits per heavy atom. The Balaban J connectivity index is 1.42. The van der Waals surface area contributed by atoms with Crippen LogP contribution in [0.1, 0.15) is 21.7 Å². The number of hydrogen-bond acceptors (Lipinski definition) is 7. The van der Waals surface area contributed by atoms with Crippen LogP contribution >= 0.6 is 11.6 Å². The van der Waals surface area contributed by atoms with Crippen LogP contribution in [-0.4, -0.2) is 40.2 Å². The highest BCUT2D eigenvalue weighted by molar-refractivity contribution is 7.82. The number of fused-ring (bicyclic) bond motifs is 2. The maximum Gasteiger partial charge on any atom is 0.268 e. The second-order valence-corrected chi connectivity index (χ2v) is 10.6. The molecule has 0 saturated heterocycles. The van der Waals surface area contributed by atoms with Gasteiger partial charge >= 0.3 is 0 Å². The van der Waals surface area contributed by atoms with E-state index in [1.165, 1.54) is 6.07 Å². The van der Waals surface area contributed by atoms with Crippen molar-refractivity contribution in [3.8, 4) is 22.5 Å². The molecule has 4 aromatic heterocycles. The van der Waals surface area contributed by atoms with E-state index in [0.29, 0.717) is 33.2 Å². The summed E-state index contributed by atoms with van der Waals surface area (Å²) >= 11 is 6.52. The number of H-pyrrole nitrogens is 2. The van der Waals surface area contributed by atoms with Gasteiger partial charge in [0.2, 0.25) is 0 Å². The number of nitrogens with zero attached hydrogens (tertiary/aromatic N) is 4. The lowest BCUT2D eigenvalue weighted by molar-refractivity contribution is 0.0981. The Morgan fingerprint density at radius 2 is 1.77 bits per heavy atom. The Bertz CT molecular complexity index is 2010. The molecule has 6 rings (SSSR count). The first-order valence-corrected chi connectivity index (χ1v) is 13.8. The minimum atomic E-state index is -1.80. The van der Waals surface area contributed by atoms with E-state index in [4.69, 9.17) is 21.6 Å². The van der Waals surface area contributed by atoms with E-state index >= 15 is 0 Å². The number of carbonyl (C=O) groups excluding carboxylic acids is 1. The van der Waals surface area contributed by atoms with Gasteiger partial charge in [0.25, 0.3) is 11.5 Å². The maximum atomic E-state index is 13.0. The molecular weight excluding hydrogens is 550 g/mol. The number of hydrogen-bond donors (Lipinski definition) is 3. The third kappa shape index (κ3) is 4.99. The molecule has 10 nitrogen and oxygen atoms in total. The molecule has 0 fully saturated rings. The zero-order chi connectivity index (χ0) is 27.8. The van der Waals surface area contributed by atoms with E-state index in [2.05, 4.69) is 24.9 Å². The molecule has 0 aliphatic carbocycles. The van der Waals surface area contributed by atoms with Crippen molar-refractivity contribution in [1.29, 1.82) is 0 Å². The lowest BCUT2D eigenvalue weighted by Crippen LogP contribution is -2.31. The number of benzene rings is 2. The molecular formula is C28H20ClN7O3S. The average Bonchev–Trinajstić information content (AvgIpc) is 3.42. The molecule has 0 aliphatic rings. The topological polar surface area (TPSA) is 146 Å². The van der Waals surface area contributed by atoms with Crippen molar-refractivity contribution in [1.82, 2.24) is 34.9 Å². The van der Waals surface area contributed by atoms with Gasteiger partial charge in [0, 0.05) is 22.2 Å². The van der Waals surface area contributed by atoms with Gasteiger partial charge in [0.05, 0.1) is 39.6 Å². The molecule has 40 heavy (non-hydrogen) atoms. The summed E-state index contributed by atoms with van der Waals surface area (Å²) in [5.74, 6) is -0.798. The van der Waals surface area contributed by atoms with Gasteiger partial charge in [-0.15, -0.1) is 0 Å². The molecule has 1 amide bonds. The van der Waals surface area contributed by atoms with Crippen LogP contribution < -0.4 is 10.3 Å². The molecule has 0 spiro atoms. The van der Waals surface area contributed by atoms with Crippen LogP contribution in [-0.2, 0) is 16.7 Å². The Morgan fingerprint density at radius 1 is 0.975 bits per heavy atom. The van der Waals surface area contributed by atoms with Crippen LogP contribution in [0.2, 0.25) is 5.02 Å². The van der Waals surface area contributed by atoms with Crippen LogP contribution in [0.5, 0.6) is 0 Å². The van der Waals surface area contributed by atoms with Gasteiger partial charge < -0.3 is 4.98 Å². The molecule has 198 valence electrons. The van der Waals surface area contributed by atoms with Gasteiger partial charge in [-0.3, -0.25) is 24.4 Å². The number of aromatic amines is 2. The highest BCUT2D eigenvalue weighted by atomic mass is 35.5. The number of nitrogens with one attached hydrogen (secondary N) is 3. The minimum Gasteiger partial charge on any atom is -0.305 e. The first-order valence-electron chi connectivity index (χ1n) is 12.1. The molecule has 12 heteroatoms. The molecule has 3 N–H and O–H groups in total. The van der Waals surface area contributed by atoms with E-state index in [0.717, 1.165) is 16.6 Å². The van der Waals surface area contributed by atoms with Gasteiger partial charge in [-0.1, -0.05) is 48.0 Å². The lowest BCUT2D eigenvalue weighted by Gasteiger charge is -2.12. The van der Waals surface area contributed by atoms with Crippen molar-refractivity contribution < 1.29 is 9.00 Å². The van der Waals surface area contributed by atoms with Crippen LogP contribution in [0, 0.1) is 6.92 Å². The SMILES string of the molecule is Cc1cccc(CS(=O)NC(=O)c2cc3nc(-c4cc(Cl)c5[nH]ncc5c4)c(-c4ccccc4)nc3[nH]c2=O)n1. The van der Waals surface area contributed by atoms with E-state index < -0.39 is 22.5 Å². The van der Waals surface area contributed by atoms with Crippen molar-refractivity contribution >= 4 is 50.6 Å². The van der Waals surface area contributed by atoms with Crippen LogP contribution in [0.3, 0.4) is 0 Å². The van der Waals surface area contributed by atoms with E-state index in [-0.39, 0.29) is 22.5 Å². The molecule has 4 heterocycles. The molecule has 0 radical (unpaired) electrons. The number of pyridine rings is 2. The number of halogens is 1. The van der Waals surface area contributed by atoms with Crippen LogP contribution in [0.15, 0.2) is 77.7 Å². The Hall–Kier alpha value is -4.74. The summed E-state index contributed by atoms with van der Waals surface area (Å²) in [7, 11) is -1.80. The Kier molecular flexibility index (Phi) is 6.66. The third-order valence-electron chi connectivity index (χ3n) is 6.18. The quantitative estimate of drug-likeness (QED) is 0.268. The molecule has 2 aromatic carbocycles. The summed E-state index contributed by atoms with van der Waals surface area (Å²) in [5, 5.41) is 8.18. The summed E-state index contributed by atoms with van der Waals surface area (Å²) in [5.41, 5.74) is 4.04. The number of carbonyl (C=O) groups is 1. The molecule has 1 atom stereocenters. The van der Waals surface area contributed by atoms with Crippen LogP contribution in [0.4, 0.5) is 0 Å². The van der Waals surface area contributed by atoms with E-state index in [1.807, 2.05) is 49.4 Å². The maximum absolute atomic E-state index is 13.0. The number of rotatable bonds is 6. The van der Waals surface area contributed by atoms with E-state index in [1.54, 1.807) is 24.4 Å². The average molecular weight is 570 g/mol. The summed E-state index contributed by atoms with van der Waals surface area (Å²) in [4.78, 5) is 42.3. The monoisotopic (exact) mass is 569 g/mol. The minimum absolute atomic E-state index is 0.000540. The fraction of sp³-hybridized carbons (Fsp3) is 0.0714. The van der Waals surface area contributed by atoms with Gasteiger partial charge in [-0.05, 0) is 37.3 Å². The van der Waals surface area contributed by atoms with Gasteiger partial charge in [0.15, 0.2) is 5.65 Å². The number of aromatic nitrogens is 6. The van der Waals surface area contributed by atoms with Crippen molar-refractivity contribution in [2.24, 2.45) is 0 Å². The highest BCUT2D eigenvalue weighted by Crippen LogP contribution is 2.34. The molecule has 0 saturated carbocycles. The van der Waals surface area contributed by atoms with Crippen molar-refractivity contribution in [2.75, 3.05) is 0 Å². The zero-order valence-corrected chi connectivity index (χ0v) is 22.5.